The Morgan fingerprint density at radius 3 is 2.50 bits per heavy atom. The first-order valence-corrected chi connectivity index (χ1v) is 11.3. The van der Waals surface area contributed by atoms with Crippen LogP contribution in [0.4, 0.5) is 5.69 Å². The van der Waals surface area contributed by atoms with E-state index >= 15 is 0 Å². The Bertz CT molecular complexity index is 1330. The number of anilines is 1. The van der Waals surface area contributed by atoms with Gasteiger partial charge in [0, 0.05) is 11.1 Å². The predicted octanol–water partition coefficient (Wildman–Crippen LogP) is 4.72. The smallest absolute Gasteiger partial charge is 0.338 e. The lowest BCUT2D eigenvalue weighted by molar-refractivity contribution is -0.113. The lowest BCUT2D eigenvalue weighted by Crippen LogP contribution is -2.14. The van der Waals surface area contributed by atoms with Gasteiger partial charge in [-0.1, -0.05) is 23.4 Å². The third kappa shape index (κ3) is 4.31. The van der Waals surface area contributed by atoms with E-state index in [1.165, 1.54) is 17.3 Å². The minimum absolute atomic E-state index is 0.167. The Morgan fingerprint density at radius 1 is 1.03 bits per heavy atom. The number of nitrogens with one attached hydrogen (secondary N) is 1. The van der Waals surface area contributed by atoms with Crippen LogP contribution in [0.15, 0.2) is 47.6 Å². The zero-order chi connectivity index (χ0) is 22.8. The Kier molecular flexibility index (Phi) is 6.14. The van der Waals surface area contributed by atoms with Gasteiger partial charge in [0.2, 0.25) is 5.91 Å². The number of pyridine rings is 1. The number of aryl methyl sites for hydroxylation is 3. The third-order valence-electron chi connectivity index (χ3n) is 5.11. The number of thioether (sulfide) groups is 1. The third-order valence-corrected chi connectivity index (χ3v) is 6.04. The van der Waals surface area contributed by atoms with E-state index in [1.807, 2.05) is 10.5 Å². The van der Waals surface area contributed by atoms with Crippen LogP contribution in [0.25, 0.3) is 16.6 Å². The van der Waals surface area contributed by atoms with Gasteiger partial charge in [-0.25, -0.2) is 4.79 Å². The molecule has 0 aliphatic heterocycles. The van der Waals surface area contributed by atoms with E-state index in [1.54, 1.807) is 31.2 Å². The molecule has 164 valence electrons. The van der Waals surface area contributed by atoms with Crippen LogP contribution in [-0.2, 0) is 9.53 Å². The van der Waals surface area contributed by atoms with E-state index in [0.717, 1.165) is 27.7 Å². The van der Waals surface area contributed by atoms with Gasteiger partial charge in [-0.2, -0.15) is 0 Å². The molecule has 2 aromatic carbocycles. The first-order chi connectivity index (χ1) is 15.4. The van der Waals surface area contributed by atoms with Crippen molar-refractivity contribution in [2.75, 3.05) is 17.7 Å². The Balaban J connectivity index is 1.51. The molecule has 0 unspecified atom stereocenters. The summed E-state index contributed by atoms with van der Waals surface area (Å²) < 4.78 is 6.99. The number of esters is 1. The molecule has 0 spiro atoms. The number of fused-ring (bicyclic) bond motifs is 3. The highest BCUT2D eigenvalue weighted by atomic mass is 32.2. The van der Waals surface area contributed by atoms with Crippen molar-refractivity contribution >= 4 is 45.9 Å². The van der Waals surface area contributed by atoms with Crippen molar-refractivity contribution in [1.29, 1.82) is 0 Å². The van der Waals surface area contributed by atoms with Crippen LogP contribution in [0.1, 0.15) is 34.0 Å². The molecule has 4 aromatic rings. The summed E-state index contributed by atoms with van der Waals surface area (Å²) in [6.07, 6.45) is 0. The summed E-state index contributed by atoms with van der Waals surface area (Å²) in [6, 6.07) is 13.0. The summed E-state index contributed by atoms with van der Waals surface area (Å²) in [5, 5.41) is 13.3. The second-order valence-corrected chi connectivity index (χ2v) is 8.56. The van der Waals surface area contributed by atoms with Crippen LogP contribution in [0.3, 0.4) is 0 Å². The number of amides is 1. The molecule has 0 saturated heterocycles. The Hall–Kier alpha value is -3.39. The van der Waals surface area contributed by atoms with E-state index in [-0.39, 0.29) is 17.6 Å². The molecule has 2 aromatic heterocycles. The average molecular weight is 449 g/mol. The highest BCUT2D eigenvalue weighted by Crippen LogP contribution is 2.29. The molecule has 0 aliphatic carbocycles. The van der Waals surface area contributed by atoms with E-state index in [9.17, 15) is 9.59 Å². The highest BCUT2D eigenvalue weighted by molar-refractivity contribution is 7.99. The minimum Gasteiger partial charge on any atom is -0.462 e. The second-order valence-electron chi connectivity index (χ2n) is 7.62. The molecule has 32 heavy (non-hydrogen) atoms. The predicted molar refractivity (Wildman–Crippen MR) is 126 cm³/mol. The molecule has 0 aliphatic rings. The first-order valence-electron chi connectivity index (χ1n) is 10.3. The van der Waals surface area contributed by atoms with E-state index in [4.69, 9.17) is 4.74 Å². The van der Waals surface area contributed by atoms with E-state index in [2.05, 4.69) is 48.4 Å². The summed E-state index contributed by atoms with van der Waals surface area (Å²) in [6.45, 7) is 8.31. The maximum absolute atomic E-state index is 12.5. The summed E-state index contributed by atoms with van der Waals surface area (Å²) in [7, 11) is 0. The van der Waals surface area contributed by atoms with Crippen LogP contribution in [-0.4, -0.2) is 38.8 Å². The lowest BCUT2D eigenvalue weighted by Gasteiger charge is -2.11. The van der Waals surface area contributed by atoms with E-state index < -0.39 is 0 Å². The molecule has 1 N–H and O–H groups in total. The summed E-state index contributed by atoms with van der Waals surface area (Å²) in [5.41, 5.74) is 6.37. The van der Waals surface area contributed by atoms with Gasteiger partial charge < -0.3 is 10.1 Å². The standard InChI is InChI=1S/C24H24N4O3S/c1-5-31-23(30)17-6-8-18(9-7-17)25-21(29)13-32-24-27-26-20-12-15(3)19-11-14(2)10-16(4)22(19)28(20)24/h6-12H,5,13H2,1-4H3,(H,25,29). The SMILES string of the molecule is CCOC(=O)c1ccc(NC(=O)CSc2nnc3cc(C)c4cc(C)cc(C)c4n23)cc1. The van der Waals surface area contributed by atoms with Crippen molar-refractivity contribution in [3.05, 3.63) is 64.7 Å². The van der Waals surface area contributed by atoms with Crippen LogP contribution in [0.2, 0.25) is 0 Å². The molecule has 1 amide bonds. The number of hydrogen-bond donors (Lipinski definition) is 1. The van der Waals surface area contributed by atoms with E-state index in [0.29, 0.717) is 23.0 Å². The zero-order valence-corrected chi connectivity index (χ0v) is 19.2. The fourth-order valence-corrected chi connectivity index (χ4v) is 4.48. The number of aromatic nitrogens is 3. The number of benzene rings is 2. The lowest BCUT2D eigenvalue weighted by atomic mass is 10.0. The average Bonchev–Trinajstić information content (AvgIpc) is 3.15. The van der Waals surface area contributed by atoms with Crippen molar-refractivity contribution in [2.45, 2.75) is 32.9 Å². The van der Waals surface area contributed by atoms with Crippen molar-refractivity contribution in [1.82, 2.24) is 14.6 Å². The molecule has 0 saturated carbocycles. The molecular weight excluding hydrogens is 424 g/mol. The van der Waals surface area contributed by atoms with Gasteiger partial charge in [0.25, 0.3) is 0 Å². The van der Waals surface area contributed by atoms with Gasteiger partial charge in [0.1, 0.15) is 0 Å². The number of rotatable bonds is 6. The first kappa shape index (κ1) is 21.8. The summed E-state index contributed by atoms with van der Waals surface area (Å²) in [4.78, 5) is 24.3. The molecule has 4 rings (SSSR count). The van der Waals surface area contributed by atoms with Gasteiger partial charge in [-0.3, -0.25) is 9.20 Å². The second kappa shape index (κ2) is 9.00. The number of nitrogens with zero attached hydrogens (tertiary/aromatic N) is 3. The monoisotopic (exact) mass is 448 g/mol. The molecule has 0 radical (unpaired) electrons. The van der Waals surface area contributed by atoms with Gasteiger partial charge in [-0.05, 0) is 75.2 Å². The number of hydrogen-bond acceptors (Lipinski definition) is 6. The van der Waals surface area contributed by atoms with Crippen molar-refractivity contribution in [3.63, 3.8) is 0 Å². The Labute approximate surface area is 190 Å². The van der Waals surface area contributed by atoms with Gasteiger partial charge in [0.05, 0.1) is 23.4 Å². The molecule has 8 heteroatoms. The van der Waals surface area contributed by atoms with Gasteiger partial charge in [-0.15, -0.1) is 10.2 Å². The quantitative estimate of drug-likeness (QED) is 0.339. The van der Waals surface area contributed by atoms with Crippen LogP contribution >= 0.6 is 11.8 Å². The maximum atomic E-state index is 12.5. The number of carbonyl (C=O) groups excluding carboxylic acids is 2. The molecule has 2 heterocycles. The highest BCUT2D eigenvalue weighted by Gasteiger charge is 2.15. The van der Waals surface area contributed by atoms with Crippen molar-refractivity contribution in [2.24, 2.45) is 0 Å². The molecule has 0 atom stereocenters. The fraction of sp³-hybridized carbons (Fsp3) is 0.250. The Morgan fingerprint density at radius 2 is 1.78 bits per heavy atom. The normalized spacial score (nSPS) is 11.1. The molecule has 0 bridgehead atoms. The maximum Gasteiger partial charge on any atom is 0.338 e. The van der Waals surface area contributed by atoms with Gasteiger partial charge >= 0.3 is 5.97 Å². The van der Waals surface area contributed by atoms with Crippen molar-refractivity contribution < 1.29 is 14.3 Å². The van der Waals surface area contributed by atoms with Crippen LogP contribution in [0.5, 0.6) is 0 Å². The van der Waals surface area contributed by atoms with Gasteiger partial charge in [0.15, 0.2) is 10.8 Å². The fourth-order valence-electron chi connectivity index (χ4n) is 3.74. The molecule has 0 fully saturated rings. The molecule has 7 nitrogen and oxygen atoms in total. The number of ether oxygens (including phenoxy) is 1. The summed E-state index contributed by atoms with van der Waals surface area (Å²) in [5.74, 6) is -0.368. The van der Waals surface area contributed by atoms with Crippen molar-refractivity contribution in [3.8, 4) is 0 Å². The largest absolute Gasteiger partial charge is 0.462 e. The topological polar surface area (TPSA) is 85.6 Å². The number of carbonyl (C=O) groups is 2. The zero-order valence-electron chi connectivity index (χ0n) is 18.4. The van der Waals surface area contributed by atoms with Crippen LogP contribution in [0, 0.1) is 20.8 Å². The minimum atomic E-state index is -0.382. The summed E-state index contributed by atoms with van der Waals surface area (Å²) >= 11 is 1.34. The van der Waals surface area contributed by atoms with Crippen LogP contribution < -0.4 is 5.32 Å². The molecular formula is C24H24N4O3S.